The monoisotopic (exact) mass is 347 g/mol. The standard InChI is InChI=1S/C15H13F4NO2S/c16-13-5-1-3-11(9-13)7-8-20-23(21,22)14-6-2-4-12(10-14)15(17,18)19/h1-6,9-10,20H,7-8H2. The number of rotatable bonds is 5. The molecule has 0 aliphatic carbocycles. The predicted molar refractivity (Wildman–Crippen MR) is 76.7 cm³/mol. The molecule has 0 bridgehead atoms. The molecule has 0 amide bonds. The second-order valence-electron chi connectivity index (χ2n) is 4.80. The molecule has 1 N–H and O–H groups in total. The van der Waals surface area contributed by atoms with Gasteiger partial charge in [0.25, 0.3) is 0 Å². The average Bonchev–Trinajstić information content (AvgIpc) is 2.46. The van der Waals surface area contributed by atoms with Crippen molar-refractivity contribution in [3.8, 4) is 0 Å². The number of sulfonamides is 1. The molecule has 0 heterocycles. The molecule has 0 fully saturated rings. The molecule has 23 heavy (non-hydrogen) atoms. The Hall–Kier alpha value is -1.93. The van der Waals surface area contributed by atoms with Crippen LogP contribution in [0.15, 0.2) is 53.4 Å². The van der Waals surface area contributed by atoms with Crippen LogP contribution in [-0.2, 0) is 22.6 Å². The molecule has 0 saturated carbocycles. The first-order valence-electron chi connectivity index (χ1n) is 6.60. The summed E-state index contributed by atoms with van der Waals surface area (Å²) in [6.45, 7) is -0.0535. The first-order valence-corrected chi connectivity index (χ1v) is 8.08. The highest BCUT2D eigenvalue weighted by atomic mass is 32.2. The maximum Gasteiger partial charge on any atom is 0.416 e. The Labute approximate surface area is 131 Å². The van der Waals surface area contributed by atoms with Crippen LogP contribution < -0.4 is 4.72 Å². The lowest BCUT2D eigenvalue weighted by Crippen LogP contribution is -2.26. The Kier molecular flexibility index (Phi) is 5.06. The van der Waals surface area contributed by atoms with Gasteiger partial charge in [-0.25, -0.2) is 17.5 Å². The van der Waals surface area contributed by atoms with Gasteiger partial charge in [0.1, 0.15) is 5.82 Å². The van der Waals surface area contributed by atoms with Crippen molar-refractivity contribution in [3.05, 3.63) is 65.5 Å². The number of alkyl halides is 3. The highest BCUT2D eigenvalue weighted by molar-refractivity contribution is 7.89. The number of hydrogen-bond acceptors (Lipinski definition) is 2. The van der Waals surface area contributed by atoms with Crippen molar-refractivity contribution in [2.24, 2.45) is 0 Å². The molecule has 8 heteroatoms. The van der Waals surface area contributed by atoms with E-state index >= 15 is 0 Å². The van der Waals surface area contributed by atoms with Crippen LogP contribution in [0.1, 0.15) is 11.1 Å². The lowest BCUT2D eigenvalue weighted by molar-refractivity contribution is -0.137. The average molecular weight is 347 g/mol. The Morgan fingerprint density at radius 1 is 1.00 bits per heavy atom. The molecule has 0 radical (unpaired) electrons. The summed E-state index contributed by atoms with van der Waals surface area (Å²) >= 11 is 0. The maximum atomic E-state index is 13.0. The lowest BCUT2D eigenvalue weighted by atomic mass is 10.1. The largest absolute Gasteiger partial charge is 0.416 e. The Morgan fingerprint density at radius 3 is 2.35 bits per heavy atom. The van der Waals surface area contributed by atoms with Gasteiger partial charge in [-0.3, -0.25) is 0 Å². The van der Waals surface area contributed by atoms with Crippen molar-refractivity contribution >= 4 is 10.0 Å². The van der Waals surface area contributed by atoms with Crippen LogP contribution in [0.3, 0.4) is 0 Å². The van der Waals surface area contributed by atoms with E-state index in [1.165, 1.54) is 18.2 Å². The third-order valence-corrected chi connectivity index (χ3v) is 4.53. The van der Waals surface area contributed by atoms with E-state index in [-0.39, 0.29) is 13.0 Å². The van der Waals surface area contributed by atoms with E-state index in [9.17, 15) is 26.0 Å². The molecule has 0 aliphatic rings. The van der Waals surface area contributed by atoms with Gasteiger partial charge >= 0.3 is 6.18 Å². The molecule has 0 aliphatic heterocycles. The Morgan fingerprint density at radius 2 is 1.70 bits per heavy atom. The normalized spacial score (nSPS) is 12.3. The highest BCUT2D eigenvalue weighted by Gasteiger charge is 2.31. The zero-order chi connectivity index (χ0) is 17.1. The van der Waals surface area contributed by atoms with Crippen molar-refractivity contribution in [1.29, 1.82) is 0 Å². The Bertz CT molecular complexity index is 788. The molecule has 0 atom stereocenters. The molecule has 0 saturated heterocycles. The van der Waals surface area contributed by atoms with Crippen LogP contribution in [0, 0.1) is 5.82 Å². The second-order valence-corrected chi connectivity index (χ2v) is 6.57. The van der Waals surface area contributed by atoms with Gasteiger partial charge in [0, 0.05) is 6.54 Å². The molecular weight excluding hydrogens is 334 g/mol. The summed E-state index contributed by atoms with van der Waals surface area (Å²) in [4.78, 5) is -0.466. The third-order valence-electron chi connectivity index (χ3n) is 3.07. The van der Waals surface area contributed by atoms with Crippen LogP contribution in [0.25, 0.3) is 0 Å². The summed E-state index contributed by atoms with van der Waals surface area (Å²) < 4.78 is 77.1. The summed E-state index contributed by atoms with van der Waals surface area (Å²) in [7, 11) is -4.07. The minimum atomic E-state index is -4.62. The van der Waals surface area contributed by atoms with E-state index in [4.69, 9.17) is 0 Å². The van der Waals surface area contributed by atoms with Crippen LogP contribution in [-0.4, -0.2) is 15.0 Å². The van der Waals surface area contributed by atoms with Crippen molar-refractivity contribution in [3.63, 3.8) is 0 Å². The topological polar surface area (TPSA) is 46.2 Å². The SMILES string of the molecule is O=S(=O)(NCCc1cccc(F)c1)c1cccc(C(F)(F)F)c1. The molecule has 0 spiro atoms. The molecule has 2 aromatic carbocycles. The van der Waals surface area contributed by atoms with E-state index in [2.05, 4.69) is 4.72 Å². The smallest absolute Gasteiger partial charge is 0.211 e. The first-order chi connectivity index (χ1) is 10.7. The van der Waals surface area contributed by atoms with Gasteiger partial charge in [-0.05, 0) is 42.3 Å². The summed E-state index contributed by atoms with van der Waals surface area (Å²) in [6.07, 6.45) is -4.40. The summed E-state index contributed by atoms with van der Waals surface area (Å²) in [5, 5.41) is 0. The first kappa shape index (κ1) is 17.4. The number of benzene rings is 2. The summed E-state index contributed by atoms with van der Waals surface area (Å²) in [5.74, 6) is -0.441. The fourth-order valence-electron chi connectivity index (χ4n) is 1.95. The van der Waals surface area contributed by atoms with Gasteiger partial charge in [-0.1, -0.05) is 18.2 Å². The van der Waals surface area contributed by atoms with Crippen molar-refractivity contribution in [2.75, 3.05) is 6.54 Å². The summed E-state index contributed by atoms with van der Waals surface area (Å²) in [5.41, 5.74) is -0.456. The van der Waals surface area contributed by atoms with E-state index in [0.717, 1.165) is 18.2 Å². The van der Waals surface area contributed by atoms with Crippen LogP contribution in [0.2, 0.25) is 0 Å². The molecule has 124 valence electrons. The van der Waals surface area contributed by atoms with Crippen molar-refractivity contribution in [1.82, 2.24) is 4.72 Å². The van der Waals surface area contributed by atoms with Crippen LogP contribution in [0.5, 0.6) is 0 Å². The van der Waals surface area contributed by atoms with Gasteiger partial charge in [0.15, 0.2) is 0 Å². The molecule has 3 nitrogen and oxygen atoms in total. The number of halogens is 4. The minimum absolute atomic E-state index is 0.0535. The Balaban J connectivity index is 2.07. The quantitative estimate of drug-likeness (QED) is 0.843. The van der Waals surface area contributed by atoms with Crippen molar-refractivity contribution < 1.29 is 26.0 Å². The van der Waals surface area contributed by atoms with Crippen LogP contribution >= 0.6 is 0 Å². The highest BCUT2D eigenvalue weighted by Crippen LogP contribution is 2.30. The number of hydrogen-bond donors (Lipinski definition) is 1. The molecule has 2 rings (SSSR count). The van der Waals surface area contributed by atoms with Gasteiger partial charge in [0.05, 0.1) is 10.5 Å². The lowest BCUT2D eigenvalue weighted by Gasteiger charge is -2.10. The van der Waals surface area contributed by atoms with E-state index in [1.807, 2.05) is 0 Å². The summed E-state index contributed by atoms with van der Waals surface area (Å²) in [6, 6.07) is 9.13. The number of nitrogens with one attached hydrogen (secondary N) is 1. The zero-order valence-corrected chi connectivity index (χ0v) is 12.6. The van der Waals surface area contributed by atoms with Gasteiger partial charge in [-0.15, -0.1) is 0 Å². The van der Waals surface area contributed by atoms with Gasteiger partial charge < -0.3 is 0 Å². The minimum Gasteiger partial charge on any atom is -0.211 e. The maximum absolute atomic E-state index is 13.0. The van der Waals surface area contributed by atoms with E-state index in [1.54, 1.807) is 6.07 Å². The molecule has 2 aromatic rings. The van der Waals surface area contributed by atoms with Crippen molar-refractivity contribution in [2.45, 2.75) is 17.5 Å². The molecule has 0 aromatic heterocycles. The fraction of sp³-hybridized carbons (Fsp3) is 0.200. The molecular formula is C15H13F4NO2S. The van der Waals surface area contributed by atoms with E-state index < -0.39 is 32.5 Å². The van der Waals surface area contributed by atoms with Gasteiger partial charge in [-0.2, -0.15) is 13.2 Å². The fourth-order valence-corrected chi connectivity index (χ4v) is 3.02. The van der Waals surface area contributed by atoms with Crippen LogP contribution in [0.4, 0.5) is 17.6 Å². The zero-order valence-electron chi connectivity index (χ0n) is 11.8. The molecule has 0 unspecified atom stereocenters. The second kappa shape index (κ2) is 6.67. The van der Waals surface area contributed by atoms with Gasteiger partial charge in [0.2, 0.25) is 10.0 Å². The third kappa shape index (κ3) is 4.77. The predicted octanol–water partition coefficient (Wildman–Crippen LogP) is 3.37. The van der Waals surface area contributed by atoms with E-state index in [0.29, 0.717) is 11.6 Å².